The van der Waals surface area contributed by atoms with E-state index in [2.05, 4.69) is 10.6 Å². The second-order valence-electron chi connectivity index (χ2n) is 17.4. The van der Waals surface area contributed by atoms with Gasteiger partial charge in [0.25, 0.3) is 11.6 Å². The molecule has 5 fully saturated rings. The maximum Gasteiger partial charge on any atom is 0.364 e. The lowest BCUT2D eigenvalue weighted by Crippen LogP contribution is -2.70. The summed E-state index contributed by atoms with van der Waals surface area (Å²) in [5, 5.41) is 184. The molecule has 0 bridgehead atoms. The number of ether oxygens (including phenoxy) is 9. The number of carbonyl (C=O) groups excluding carboxylic acids is 2. The van der Waals surface area contributed by atoms with Gasteiger partial charge in [0.15, 0.2) is 18.9 Å². The fourth-order valence-electron chi connectivity index (χ4n) is 8.58. The molecule has 19 N–H and O–H groups in total. The zero-order valence-corrected chi connectivity index (χ0v) is 37.1. The number of carboxylic acid groups (broad SMARTS) is 2. The van der Waals surface area contributed by atoms with Crippen molar-refractivity contribution in [3.8, 4) is 0 Å². The fraction of sp³-hybridized carbons (Fsp3) is 0.895. The molecular weight excluding hydrogens is 964 g/mol. The molecule has 0 aromatic heterocycles. The number of nitrogens with one attached hydrogen (secondary N) is 2. The fourth-order valence-corrected chi connectivity index (χ4v) is 8.58. The molecule has 0 aromatic carbocycles. The van der Waals surface area contributed by atoms with Crippen LogP contribution in [-0.2, 0) is 61.8 Å². The number of aliphatic hydroxyl groups is 15. The summed E-state index contributed by atoms with van der Waals surface area (Å²) in [6.45, 7) is -3.49. The van der Waals surface area contributed by atoms with Gasteiger partial charge < -0.3 is 140 Å². The number of aliphatic carboxylic acids is 2. The van der Waals surface area contributed by atoms with E-state index in [0.29, 0.717) is 0 Å². The first-order chi connectivity index (χ1) is 32.8. The Balaban J connectivity index is 1.50. The molecule has 0 aromatic rings. The molecule has 25 atom stereocenters. The largest absolute Gasteiger partial charge is 0.477 e. The number of rotatable bonds is 19. The molecule has 2 amide bonds. The van der Waals surface area contributed by atoms with Crippen LogP contribution in [-0.4, -0.2) is 296 Å². The highest BCUT2D eigenvalue weighted by Crippen LogP contribution is 2.43. The molecule has 0 saturated carbocycles. The van der Waals surface area contributed by atoms with E-state index in [-0.39, 0.29) is 0 Å². The highest BCUT2D eigenvalue weighted by Gasteiger charge is 2.63. The summed E-state index contributed by atoms with van der Waals surface area (Å²) in [6, 6.07) is -3.17. The summed E-state index contributed by atoms with van der Waals surface area (Å²) in [4.78, 5) is 50.3. The molecule has 5 aliphatic rings. The molecular formula is C38H62N2O30. The second kappa shape index (κ2) is 23.9. The van der Waals surface area contributed by atoms with Gasteiger partial charge in [-0.15, -0.1) is 0 Å². The van der Waals surface area contributed by atoms with Crippen molar-refractivity contribution in [1.29, 1.82) is 0 Å². The maximum atomic E-state index is 13.4. The molecule has 5 heterocycles. The van der Waals surface area contributed by atoms with Crippen LogP contribution in [0.1, 0.15) is 26.7 Å². The third kappa shape index (κ3) is 12.3. The summed E-state index contributed by atoms with van der Waals surface area (Å²) in [5.41, 5.74) is 0. The second-order valence-corrected chi connectivity index (χ2v) is 17.4. The lowest BCUT2D eigenvalue weighted by Gasteiger charge is -2.52. The summed E-state index contributed by atoms with van der Waals surface area (Å²) in [5.74, 6) is -12.4. The van der Waals surface area contributed by atoms with Crippen molar-refractivity contribution >= 4 is 23.8 Å². The third-order valence-corrected chi connectivity index (χ3v) is 12.4. The van der Waals surface area contributed by atoms with Crippen LogP contribution < -0.4 is 10.6 Å². The smallest absolute Gasteiger partial charge is 0.364 e. The number of aliphatic hydroxyl groups excluding tert-OH is 15. The van der Waals surface area contributed by atoms with Crippen LogP contribution in [0, 0.1) is 0 Å². The van der Waals surface area contributed by atoms with Crippen LogP contribution in [0.5, 0.6) is 0 Å². The highest BCUT2D eigenvalue weighted by atomic mass is 16.8. The van der Waals surface area contributed by atoms with Gasteiger partial charge in [0, 0.05) is 26.7 Å². The Hall–Kier alpha value is -3.08. The highest BCUT2D eigenvalue weighted by molar-refractivity contribution is 5.77. The standard InChI is InChI=1S/C38H62N2O30/c1-10(44)39-19-25(53)23(51)17(64-32(19)57)8-62-33-20(40-11(2)45)26(54)24(52)18(66-33)9-63-37(35(58)59)4-15(68-38(36(60)61)3-12(46)21(49)29(69-38)13(47)5-41)31(30(70-37)14(48)6-42)67-34-28(56)27(55)22(50)16(7-43)65-34/h12-34,41-43,46-57H,3-9H2,1-2H3,(H,39,44)(H,40,45)(H,58,59)(H,60,61)/t12-,13-,14-,15-,16-,17-,18-,19-,20-,21-,22-,23-,24-,25-,26-,27+,28+,29-,30-,31-,32+,33-,34-,37-,38-/m1/s1. The quantitative estimate of drug-likeness (QED) is 0.0571. The van der Waals surface area contributed by atoms with Gasteiger partial charge in [-0.1, -0.05) is 0 Å². The Labute approximate surface area is 394 Å². The molecule has 0 unspecified atom stereocenters. The van der Waals surface area contributed by atoms with E-state index in [9.17, 15) is 106 Å². The van der Waals surface area contributed by atoms with Crippen LogP contribution >= 0.6 is 0 Å². The van der Waals surface area contributed by atoms with Crippen molar-refractivity contribution in [1.82, 2.24) is 10.6 Å². The molecule has 70 heavy (non-hydrogen) atoms. The van der Waals surface area contributed by atoms with Crippen molar-refractivity contribution in [2.75, 3.05) is 33.0 Å². The van der Waals surface area contributed by atoms with Gasteiger partial charge in [-0.25, -0.2) is 9.59 Å². The molecule has 5 saturated heterocycles. The average Bonchev–Trinajstić information content (AvgIpc) is 3.30. The maximum absolute atomic E-state index is 13.4. The molecule has 32 heteroatoms. The Morgan fingerprint density at radius 2 is 1.11 bits per heavy atom. The molecule has 32 nitrogen and oxygen atoms in total. The van der Waals surface area contributed by atoms with Gasteiger partial charge in [0.2, 0.25) is 11.8 Å². The molecule has 5 aliphatic heterocycles. The Bertz CT molecular complexity index is 1770. The number of hydrogen-bond donors (Lipinski definition) is 19. The van der Waals surface area contributed by atoms with Crippen LogP contribution in [0.2, 0.25) is 0 Å². The van der Waals surface area contributed by atoms with E-state index in [0.717, 1.165) is 13.8 Å². The van der Waals surface area contributed by atoms with E-state index < -0.39 is 222 Å². The SMILES string of the molecule is CC(=O)N[C@@H]1[C@@H](O)[C@H](O)[C@@H](CO[C@@H]2O[C@H](CO[C@]3(C(=O)O)C[C@@H](O[C@]4(C(=O)O)C[C@@H](O)[C@@H](O)[C@@H]([C@H](O)CO)O4)[C@@H](O[C@H]4O[C@H](CO)[C@@H](O)[C@H](O)[C@@H]4O)[C@@H]([C@H](O)CO)O3)[C@@H](O)[C@H](O)[C@H]2NC(C)=O)O[C@@H]1O. The van der Waals surface area contributed by atoms with E-state index in [1.165, 1.54) is 0 Å². The van der Waals surface area contributed by atoms with Crippen LogP contribution in [0.3, 0.4) is 0 Å². The third-order valence-electron chi connectivity index (χ3n) is 12.4. The van der Waals surface area contributed by atoms with Crippen molar-refractivity contribution in [3.05, 3.63) is 0 Å². The van der Waals surface area contributed by atoms with Gasteiger partial charge in [-0.05, 0) is 0 Å². The lowest BCUT2D eigenvalue weighted by molar-refractivity contribution is -0.398. The Morgan fingerprint density at radius 1 is 0.600 bits per heavy atom. The van der Waals surface area contributed by atoms with Gasteiger partial charge in [-0.2, -0.15) is 0 Å². The van der Waals surface area contributed by atoms with Gasteiger partial charge in [-0.3, -0.25) is 9.59 Å². The number of carboxylic acids is 2. The molecule has 0 aliphatic carbocycles. The van der Waals surface area contributed by atoms with Crippen LogP contribution in [0.25, 0.3) is 0 Å². The number of hydrogen-bond acceptors (Lipinski definition) is 28. The summed E-state index contributed by atoms with van der Waals surface area (Å²) < 4.78 is 50.8. The first-order valence-corrected chi connectivity index (χ1v) is 21.7. The Morgan fingerprint density at radius 3 is 1.67 bits per heavy atom. The zero-order valence-electron chi connectivity index (χ0n) is 37.1. The molecule has 0 radical (unpaired) electrons. The monoisotopic (exact) mass is 1030 g/mol. The minimum Gasteiger partial charge on any atom is -0.477 e. The molecule has 404 valence electrons. The normalized spacial score (nSPS) is 45.5. The minimum atomic E-state index is -3.30. The lowest BCUT2D eigenvalue weighted by atomic mass is 9.89. The predicted octanol–water partition coefficient (Wildman–Crippen LogP) is -11.9. The van der Waals surface area contributed by atoms with Crippen LogP contribution in [0.4, 0.5) is 0 Å². The van der Waals surface area contributed by atoms with E-state index in [1.807, 2.05) is 0 Å². The number of amides is 2. The first-order valence-electron chi connectivity index (χ1n) is 21.7. The summed E-state index contributed by atoms with van der Waals surface area (Å²) in [6.07, 6.45) is -45.7. The Kier molecular flexibility index (Phi) is 19.7. The summed E-state index contributed by atoms with van der Waals surface area (Å²) in [7, 11) is 0. The molecule has 5 rings (SSSR count). The van der Waals surface area contributed by atoms with Crippen LogP contribution in [0.15, 0.2) is 0 Å². The van der Waals surface area contributed by atoms with Crippen molar-refractivity contribution < 1.29 is 149 Å². The van der Waals surface area contributed by atoms with E-state index in [1.54, 1.807) is 0 Å². The van der Waals surface area contributed by atoms with Gasteiger partial charge in [0.1, 0.15) is 110 Å². The van der Waals surface area contributed by atoms with Crippen molar-refractivity contribution in [2.45, 2.75) is 179 Å². The van der Waals surface area contributed by atoms with E-state index >= 15 is 0 Å². The minimum absolute atomic E-state index is 0.702. The van der Waals surface area contributed by atoms with Gasteiger partial charge >= 0.3 is 11.9 Å². The number of carbonyl (C=O) groups is 4. The summed E-state index contributed by atoms with van der Waals surface area (Å²) >= 11 is 0. The topological polar surface area (TPSA) is 519 Å². The molecule has 0 spiro atoms. The average molecular weight is 1030 g/mol. The first kappa shape index (κ1) is 57.8. The zero-order chi connectivity index (χ0) is 52.3. The predicted molar refractivity (Wildman–Crippen MR) is 212 cm³/mol. The van der Waals surface area contributed by atoms with E-state index in [4.69, 9.17) is 42.6 Å². The van der Waals surface area contributed by atoms with Crippen molar-refractivity contribution in [2.24, 2.45) is 0 Å². The van der Waals surface area contributed by atoms with Gasteiger partial charge in [0.05, 0.1) is 45.2 Å². The van der Waals surface area contributed by atoms with Crippen molar-refractivity contribution in [3.63, 3.8) is 0 Å².